The summed E-state index contributed by atoms with van der Waals surface area (Å²) in [6.45, 7) is 0. The monoisotopic (exact) mass is 1780 g/mol. The first-order valence-electron chi connectivity index (χ1n) is 48.3. The van der Waals surface area contributed by atoms with E-state index in [1.807, 2.05) is 0 Å². The lowest BCUT2D eigenvalue weighted by molar-refractivity contribution is 1.60. The van der Waals surface area contributed by atoms with E-state index in [1.165, 1.54) is 242 Å². The van der Waals surface area contributed by atoms with Crippen molar-refractivity contribution in [1.29, 1.82) is 0 Å². The summed E-state index contributed by atoms with van der Waals surface area (Å²) in [5.74, 6) is 0. The molecule has 26 aromatic carbocycles. The molecule has 0 radical (unpaired) electrons. The standard InChI is InChI=1S/3C38H26.C26H18/c1-3-15-27(16-4-1)29-19-7-9-21-31(29)37-33-23-11-13-25-35(33)38(36-26-14-12-24-34(36)37)32-22-10-8-20-30(32)28-17-5-2-6-18-28;1-3-13-27(14-4-1)29-17-11-19-31(25-29)37-33-21-7-9-23-35(33)38(36-24-10-8-22-34(36)37)32-20-12-18-30(26-32)28-15-5-2-6-16-28;1-3-11-27(12-4-1)29-19-23-31(24-20-29)37-33-15-7-9-17-35(33)38(36-18-10-8-16-34(36)37)32-25-21-30(22-26-32)28-13-5-2-6-14-28;1-3-11-19(12-4-1)25-21-15-7-9-17-23(21)26(20-13-5-2-6-14-20)24-18-10-8-16-22(24)25/h3*1-26H;1-18H. The molecule has 656 valence electrons. The number of fused-ring (bicyclic) bond motifs is 8. The van der Waals surface area contributed by atoms with Crippen molar-refractivity contribution in [2.45, 2.75) is 0 Å². The van der Waals surface area contributed by atoms with Gasteiger partial charge in [0.2, 0.25) is 0 Å². The van der Waals surface area contributed by atoms with Gasteiger partial charge >= 0.3 is 0 Å². The Kier molecular flexibility index (Phi) is 24.2. The average molecular weight is 1780 g/mol. The summed E-state index contributed by atoms with van der Waals surface area (Å²) in [6.07, 6.45) is 0. The van der Waals surface area contributed by atoms with Gasteiger partial charge < -0.3 is 0 Å². The van der Waals surface area contributed by atoms with E-state index in [0.29, 0.717) is 0 Å². The molecule has 140 heavy (non-hydrogen) atoms. The van der Waals surface area contributed by atoms with Crippen LogP contribution in [0.3, 0.4) is 0 Å². The topological polar surface area (TPSA) is 0 Å². The molecular weight excluding hydrogens is 1680 g/mol. The van der Waals surface area contributed by atoms with Crippen LogP contribution in [0.1, 0.15) is 0 Å². The largest absolute Gasteiger partial charge is 0.0622 e. The molecule has 0 saturated carbocycles. The number of hydrogen-bond donors (Lipinski definition) is 0. The normalized spacial score (nSPS) is 11.1. The highest BCUT2D eigenvalue weighted by atomic mass is 14.3. The minimum Gasteiger partial charge on any atom is -0.0622 e. The van der Waals surface area contributed by atoms with E-state index in [1.54, 1.807) is 0 Å². The van der Waals surface area contributed by atoms with Gasteiger partial charge in [0, 0.05) is 0 Å². The highest BCUT2D eigenvalue weighted by Crippen LogP contribution is 2.52. The first-order valence-corrected chi connectivity index (χ1v) is 48.3. The fourth-order valence-corrected chi connectivity index (χ4v) is 21.2. The Hall–Kier alpha value is -18.2. The zero-order valence-electron chi connectivity index (χ0n) is 77.4. The van der Waals surface area contributed by atoms with Gasteiger partial charge in [-0.25, -0.2) is 0 Å². The Morgan fingerprint density at radius 1 is 0.0643 bits per heavy atom. The Labute approximate surface area is 818 Å². The van der Waals surface area contributed by atoms with Crippen LogP contribution < -0.4 is 0 Å². The lowest BCUT2D eigenvalue weighted by atomic mass is 9.82. The van der Waals surface area contributed by atoms with Gasteiger partial charge in [0.05, 0.1) is 0 Å². The lowest BCUT2D eigenvalue weighted by Crippen LogP contribution is -1.93. The van der Waals surface area contributed by atoms with Crippen LogP contribution in [0, 0.1) is 0 Å². The molecule has 0 aliphatic rings. The van der Waals surface area contributed by atoms with Crippen LogP contribution in [0.4, 0.5) is 0 Å². The van der Waals surface area contributed by atoms with Crippen LogP contribution in [0.2, 0.25) is 0 Å². The van der Waals surface area contributed by atoms with Gasteiger partial charge in [-0.1, -0.05) is 570 Å². The average Bonchev–Trinajstić information content (AvgIpc) is 0.727. The third-order valence-electron chi connectivity index (χ3n) is 27.5. The van der Waals surface area contributed by atoms with E-state index in [0.717, 1.165) is 0 Å². The molecule has 0 heterocycles. The van der Waals surface area contributed by atoms with Crippen molar-refractivity contribution in [2.75, 3.05) is 0 Å². The maximum absolute atomic E-state index is 2.33. The third-order valence-corrected chi connectivity index (χ3v) is 27.5. The van der Waals surface area contributed by atoms with Crippen molar-refractivity contribution in [1.82, 2.24) is 0 Å². The molecule has 0 aliphatic carbocycles. The molecule has 0 unspecified atom stereocenters. The van der Waals surface area contributed by atoms with E-state index < -0.39 is 0 Å². The van der Waals surface area contributed by atoms with Crippen LogP contribution >= 0.6 is 0 Å². The molecule has 0 fully saturated rings. The Morgan fingerprint density at radius 3 is 0.414 bits per heavy atom. The van der Waals surface area contributed by atoms with Gasteiger partial charge in [0.1, 0.15) is 0 Å². The first-order chi connectivity index (χ1) is 69.6. The van der Waals surface area contributed by atoms with Gasteiger partial charge in [-0.05, 0) is 254 Å². The number of hydrogen-bond acceptors (Lipinski definition) is 0. The Bertz CT molecular complexity index is 8200. The summed E-state index contributed by atoms with van der Waals surface area (Å²) >= 11 is 0. The molecular formula is C140H96. The lowest BCUT2D eigenvalue weighted by Gasteiger charge is -2.21. The van der Waals surface area contributed by atoms with E-state index in [-0.39, 0.29) is 0 Å². The molecule has 0 bridgehead atoms. The van der Waals surface area contributed by atoms with Gasteiger partial charge in [-0.3, -0.25) is 0 Å². The minimum absolute atomic E-state index is 1.23. The molecule has 0 saturated heterocycles. The van der Waals surface area contributed by atoms with Crippen LogP contribution in [-0.2, 0) is 0 Å². The molecule has 0 nitrogen and oxygen atoms in total. The molecule has 26 rings (SSSR count). The van der Waals surface area contributed by atoms with Gasteiger partial charge in [0.15, 0.2) is 0 Å². The highest BCUT2D eigenvalue weighted by molar-refractivity contribution is 6.27. The zero-order valence-corrected chi connectivity index (χ0v) is 77.4. The number of benzene rings is 26. The van der Waals surface area contributed by atoms with Gasteiger partial charge in [0.25, 0.3) is 0 Å². The molecule has 0 atom stereocenters. The predicted molar refractivity (Wildman–Crippen MR) is 602 cm³/mol. The highest BCUT2D eigenvalue weighted by Gasteiger charge is 2.25. The van der Waals surface area contributed by atoms with E-state index in [9.17, 15) is 0 Å². The fourth-order valence-electron chi connectivity index (χ4n) is 21.2. The van der Waals surface area contributed by atoms with E-state index >= 15 is 0 Å². The van der Waals surface area contributed by atoms with Crippen molar-refractivity contribution in [3.63, 3.8) is 0 Å². The van der Waals surface area contributed by atoms with Gasteiger partial charge in [-0.15, -0.1) is 0 Å². The van der Waals surface area contributed by atoms with Crippen LogP contribution in [0.5, 0.6) is 0 Å². The van der Waals surface area contributed by atoms with Crippen molar-refractivity contribution in [2.24, 2.45) is 0 Å². The number of rotatable bonds is 14. The summed E-state index contributed by atoms with van der Waals surface area (Å²) in [7, 11) is 0. The van der Waals surface area contributed by atoms with Crippen molar-refractivity contribution in [3.05, 3.63) is 582 Å². The van der Waals surface area contributed by atoms with Crippen molar-refractivity contribution in [3.8, 4) is 156 Å². The maximum atomic E-state index is 2.33. The second kappa shape index (κ2) is 39.4. The van der Waals surface area contributed by atoms with Crippen LogP contribution in [0.25, 0.3) is 242 Å². The van der Waals surface area contributed by atoms with Crippen LogP contribution in [-0.4, -0.2) is 0 Å². The predicted octanol–water partition coefficient (Wildman–Crippen LogP) is 39.3. The van der Waals surface area contributed by atoms with E-state index in [2.05, 4.69) is 582 Å². The smallest absolute Gasteiger partial charge is 0.00201 e. The molecule has 0 N–H and O–H groups in total. The summed E-state index contributed by atoms with van der Waals surface area (Å²) < 4.78 is 0. The second-order valence-corrected chi connectivity index (χ2v) is 35.7. The summed E-state index contributed by atoms with van der Waals surface area (Å²) in [4.78, 5) is 0. The zero-order chi connectivity index (χ0) is 93.3. The van der Waals surface area contributed by atoms with Gasteiger partial charge in [-0.2, -0.15) is 0 Å². The van der Waals surface area contributed by atoms with Crippen molar-refractivity contribution >= 4 is 86.2 Å². The summed E-state index contributed by atoms with van der Waals surface area (Å²) in [6, 6.07) is 210. The molecule has 0 aliphatic heterocycles. The van der Waals surface area contributed by atoms with Crippen molar-refractivity contribution < 1.29 is 0 Å². The Balaban J connectivity index is 0.000000105. The summed E-state index contributed by atoms with van der Waals surface area (Å²) in [5, 5.41) is 20.5. The summed E-state index contributed by atoms with van der Waals surface area (Å²) in [5.41, 5.74) is 35.2. The minimum atomic E-state index is 1.23. The fraction of sp³-hybridized carbons (Fsp3) is 0. The van der Waals surface area contributed by atoms with E-state index in [4.69, 9.17) is 0 Å². The first kappa shape index (κ1) is 86.0. The maximum Gasteiger partial charge on any atom is -0.00201 e. The quantitative estimate of drug-likeness (QED) is 0.0952. The van der Waals surface area contributed by atoms with Crippen LogP contribution in [0.15, 0.2) is 582 Å². The third kappa shape index (κ3) is 17.0. The molecule has 26 aromatic rings. The SMILES string of the molecule is c1ccc(-c2c3ccccc3c(-c3ccccc3)c3ccccc23)cc1.c1ccc(-c2ccc(-c3c4ccccc4c(-c4ccc(-c5ccccc5)cc4)c4ccccc34)cc2)cc1.c1ccc(-c2cccc(-c3c4ccccc4c(-c4cccc(-c5ccccc5)c4)c4ccccc34)c2)cc1.c1ccc(-c2ccccc2-c2c3ccccc3c(-c3ccccc3-c3ccccc3)c3ccccc23)cc1. The second-order valence-electron chi connectivity index (χ2n) is 35.7. The molecule has 0 heteroatoms. The Morgan fingerprint density at radius 2 is 0.193 bits per heavy atom. The molecule has 0 amide bonds. The molecule has 0 spiro atoms. The molecule has 0 aromatic heterocycles.